The molecule has 0 bridgehead atoms. The molecule has 1 atom stereocenters. The number of carbonyl (C=O) groups excluding carboxylic acids is 2. The van der Waals surface area contributed by atoms with Gasteiger partial charge in [-0.25, -0.2) is 9.78 Å². The fraction of sp³-hybridized carbons (Fsp3) is 0.303. The van der Waals surface area contributed by atoms with Gasteiger partial charge in [0.15, 0.2) is 0 Å². The predicted molar refractivity (Wildman–Crippen MR) is 157 cm³/mol. The summed E-state index contributed by atoms with van der Waals surface area (Å²) in [6, 6.07) is 28.8. The molecule has 0 spiro atoms. The lowest BCUT2D eigenvalue weighted by Crippen LogP contribution is -2.46. The third kappa shape index (κ3) is 7.01. The highest BCUT2D eigenvalue weighted by atomic mass is 19.1. The van der Waals surface area contributed by atoms with Crippen LogP contribution in [-0.2, 0) is 21.5 Å². The van der Waals surface area contributed by atoms with Gasteiger partial charge >= 0.3 is 6.09 Å². The Bertz CT molecular complexity index is 1340. The molecular weight excluding hydrogens is 519 g/mol. The maximum absolute atomic E-state index is 15.9. The van der Waals surface area contributed by atoms with Crippen molar-refractivity contribution >= 4 is 12.0 Å². The van der Waals surface area contributed by atoms with Crippen molar-refractivity contribution in [3.05, 3.63) is 126 Å². The molecule has 0 fully saturated rings. The average Bonchev–Trinajstić information content (AvgIpc) is 3.32. The van der Waals surface area contributed by atoms with Crippen LogP contribution in [-0.4, -0.2) is 39.7 Å². The van der Waals surface area contributed by atoms with E-state index in [-0.39, 0.29) is 5.91 Å². The van der Waals surface area contributed by atoms with Crippen molar-refractivity contribution in [3.8, 4) is 0 Å². The summed E-state index contributed by atoms with van der Waals surface area (Å²) in [7, 11) is 0. The standard InChI is InChI=1S/C33H37FN4O3/c1-24(36-31(40)41-32(2,3)4)29(39)35-22-14-21-28-23-38(30(34)37-28)33(25-15-8-5-9-16-25,26-17-10-6-11-18-26)27-19-12-7-13-20-27/h5-13,15-20,23-24H,14,21-22H2,1-4H3,(H,35,39)(H,36,40). The quantitative estimate of drug-likeness (QED) is 0.190. The Labute approximate surface area is 240 Å². The number of hydrogen-bond acceptors (Lipinski definition) is 4. The van der Waals surface area contributed by atoms with Crippen LogP contribution in [0.15, 0.2) is 97.2 Å². The molecule has 8 heteroatoms. The number of halogens is 1. The molecule has 1 heterocycles. The van der Waals surface area contributed by atoms with Gasteiger partial charge in [-0.2, -0.15) is 4.39 Å². The van der Waals surface area contributed by atoms with E-state index in [1.165, 1.54) is 0 Å². The van der Waals surface area contributed by atoms with Gasteiger partial charge in [-0.05, 0) is 57.2 Å². The highest BCUT2D eigenvalue weighted by molar-refractivity contribution is 5.85. The Kier molecular flexibility index (Phi) is 9.22. The van der Waals surface area contributed by atoms with Crippen molar-refractivity contribution < 1.29 is 18.7 Å². The van der Waals surface area contributed by atoms with E-state index in [1.54, 1.807) is 38.5 Å². The van der Waals surface area contributed by atoms with Crippen molar-refractivity contribution in [2.24, 2.45) is 0 Å². The fourth-order valence-electron chi connectivity index (χ4n) is 4.90. The number of nitrogens with zero attached hydrogens (tertiary/aromatic N) is 2. The van der Waals surface area contributed by atoms with E-state index in [0.29, 0.717) is 25.1 Å². The Morgan fingerprint density at radius 2 is 1.37 bits per heavy atom. The zero-order valence-electron chi connectivity index (χ0n) is 23.9. The van der Waals surface area contributed by atoms with E-state index < -0.39 is 29.4 Å². The molecule has 0 radical (unpaired) electrons. The van der Waals surface area contributed by atoms with Gasteiger partial charge in [0.05, 0.1) is 5.69 Å². The molecule has 4 rings (SSSR count). The monoisotopic (exact) mass is 556 g/mol. The van der Waals surface area contributed by atoms with Crippen LogP contribution in [0.3, 0.4) is 0 Å². The number of aromatic nitrogens is 2. The average molecular weight is 557 g/mol. The smallest absolute Gasteiger partial charge is 0.408 e. The number of ether oxygens (including phenoxy) is 1. The number of carbonyl (C=O) groups is 2. The predicted octanol–water partition coefficient (Wildman–Crippen LogP) is 5.82. The Morgan fingerprint density at radius 1 is 0.878 bits per heavy atom. The summed E-state index contributed by atoms with van der Waals surface area (Å²) in [5, 5.41) is 5.34. The van der Waals surface area contributed by atoms with Gasteiger partial charge in [0.2, 0.25) is 5.91 Å². The zero-order chi connectivity index (χ0) is 29.5. The summed E-state index contributed by atoms with van der Waals surface area (Å²) in [5.41, 5.74) is 1.63. The summed E-state index contributed by atoms with van der Waals surface area (Å²) in [6.45, 7) is 7.20. The summed E-state index contributed by atoms with van der Waals surface area (Å²) in [4.78, 5) is 28.7. The first-order valence-electron chi connectivity index (χ1n) is 13.8. The van der Waals surface area contributed by atoms with Gasteiger partial charge in [0.25, 0.3) is 6.08 Å². The summed E-state index contributed by atoms with van der Waals surface area (Å²) < 4.78 is 22.7. The zero-order valence-corrected chi connectivity index (χ0v) is 23.9. The Morgan fingerprint density at radius 3 is 1.83 bits per heavy atom. The van der Waals surface area contributed by atoms with Crippen LogP contribution in [0.2, 0.25) is 0 Å². The van der Waals surface area contributed by atoms with Crippen molar-refractivity contribution in [1.29, 1.82) is 0 Å². The van der Waals surface area contributed by atoms with Crippen LogP contribution in [0.5, 0.6) is 0 Å². The van der Waals surface area contributed by atoms with Crippen LogP contribution in [0.4, 0.5) is 9.18 Å². The summed E-state index contributed by atoms with van der Waals surface area (Å²) in [6.07, 6.45) is 1.50. The molecule has 3 aromatic carbocycles. The lowest BCUT2D eigenvalue weighted by molar-refractivity contribution is -0.122. The van der Waals surface area contributed by atoms with Crippen molar-refractivity contribution in [2.45, 2.75) is 57.7 Å². The van der Waals surface area contributed by atoms with E-state index >= 15 is 4.39 Å². The third-order valence-corrected chi connectivity index (χ3v) is 6.68. The molecule has 0 aliphatic rings. The summed E-state index contributed by atoms with van der Waals surface area (Å²) in [5.74, 6) is -0.330. The minimum Gasteiger partial charge on any atom is -0.444 e. The van der Waals surface area contributed by atoms with Crippen molar-refractivity contribution in [1.82, 2.24) is 20.2 Å². The van der Waals surface area contributed by atoms with Gasteiger partial charge in [-0.1, -0.05) is 91.0 Å². The van der Waals surface area contributed by atoms with Gasteiger partial charge in [-0.3, -0.25) is 9.36 Å². The number of benzene rings is 3. The van der Waals surface area contributed by atoms with Crippen LogP contribution in [0, 0.1) is 6.08 Å². The second-order valence-corrected chi connectivity index (χ2v) is 10.9. The molecule has 0 aliphatic heterocycles. The molecule has 1 aromatic heterocycles. The normalized spacial score (nSPS) is 12.4. The van der Waals surface area contributed by atoms with Crippen LogP contribution >= 0.6 is 0 Å². The molecule has 7 nitrogen and oxygen atoms in total. The molecular formula is C33H37FN4O3. The minimum absolute atomic E-state index is 0.330. The fourth-order valence-corrected chi connectivity index (χ4v) is 4.90. The SMILES string of the molecule is CC(NC(=O)OC(C)(C)C)C(=O)NCCCc1cn(C(c2ccccc2)(c2ccccc2)c2ccccc2)c(F)n1. The first-order valence-corrected chi connectivity index (χ1v) is 13.8. The van der Waals surface area contributed by atoms with Crippen molar-refractivity contribution in [3.63, 3.8) is 0 Å². The second kappa shape index (κ2) is 12.8. The van der Waals surface area contributed by atoms with Crippen LogP contribution in [0.1, 0.15) is 56.5 Å². The van der Waals surface area contributed by atoms with Gasteiger partial charge < -0.3 is 15.4 Å². The highest BCUT2D eigenvalue weighted by Crippen LogP contribution is 2.41. The van der Waals surface area contributed by atoms with Gasteiger partial charge in [0, 0.05) is 12.7 Å². The molecule has 1 unspecified atom stereocenters. The maximum atomic E-state index is 15.9. The number of hydrogen-bond donors (Lipinski definition) is 2. The maximum Gasteiger partial charge on any atom is 0.408 e. The number of rotatable bonds is 10. The first kappa shape index (κ1) is 29.5. The largest absolute Gasteiger partial charge is 0.444 e. The Balaban J connectivity index is 1.54. The van der Waals surface area contributed by atoms with E-state index in [1.807, 2.05) is 91.0 Å². The third-order valence-electron chi connectivity index (χ3n) is 6.68. The van der Waals surface area contributed by atoms with Crippen LogP contribution in [0.25, 0.3) is 0 Å². The molecule has 0 saturated carbocycles. The lowest BCUT2D eigenvalue weighted by Gasteiger charge is -2.37. The lowest BCUT2D eigenvalue weighted by atomic mass is 9.76. The van der Waals surface area contributed by atoms with Crippen LogP contribution < -0.4 is 10.6 Å². The van der Waals surface area contributed by atoms with E-state index in [0.717, 1.165) is 16.7 Å². The second-order valence-electron chi connectivity index (χ2n) is 10.9. The Hall–Kier alpha value is -4.46. The highest BCUT2D eigenvalue weighted by Gasteiger charge is 2.40. The van der Waals surface area contributed by atoms with Crippen molar-refractivity contribution in [2.75, 3.05) is 6.54 Å². The molecule has 214 valence electrons. The van der Waals surface area contributed by atoms with Gasteiger partial charge in [-0.15, -0.1) is 0 Å². The number of nitrogens with one attached hydrogen (secondary N) is 2. The molecule has 41 heavy (non-hydrogen) atoms. The number of imidazole rings is 1. The van der Waals surface area contributed by atoms with E-state index in [4.69, 9.17) is 4.74 Å². The first-order chi connectivity index (χ1) is 19.6. The molecule has 0 saturated heterocycles. The molecule has 4 aromatic rings. The topological polar surface area (TPSA) is 85.2 Å². The summed E-state index contributed by atoms with van der Waals surface area (Å²) >= 11 is 0. The minimum atomic E-state index is -0.990. The molecule has 2 amide bonds. The number of aryl methyl sites for hydroxylation is 1. The molecule has 0 aliphatic carbocycles. The van der Waals surface area contributed by atoms with E-state index in [9.17, 15) is 9.59 Å². The number of amides is 2. The van der Waals surface area contributed by atoms with Gasteiger partial charge in [0.1, 0.15) is 17.2 Å². The number of alkyl carbamates (subject to hydrolysis) is 1. The van der Waals surface area contributed by atoms with E-state index in [2.05, 4.69) is 15.6 Å². The molecule has 2 N–H and O–H groups in total.